The second kappa shape index (κ2) is 4.71. The molecule has 0 aliphatic carbocycles. The van der Waals surface area contributed by atoms with Gasteiger partial charge in [-0.2, -0.15) is 4.72 Å². The van der Waals surface area contributed by atoms with Gasteiger partial charge in [-0.25, -0.2) is 8.42 Å². The van der Waals surface area contributed by atoms with Gasteiger partial charge < -0.3 is 14.6 Å². The highest BCUT2D eigenvalue weighted by atomic mass is 32.2. The first-order valence-corrected chi connectivity index (χ1v) is 6.87. The van der Waals surface area contributed by atoms with Crippen LogP contribution in [0.25, 0.3) is 0 Å². The Hall–Kier alpha value is -1.80. The number of fused-ring (bicyclic) bond motifs is 1. The van der Waals surface area contributed by atoms with E-state index in [0.717, 1.165) is 0 Å². The van der Waals surface area contributed by atoms with Crippen molar-refractivity contribution in [3.63, 3.8) is 0 Å². The van der Waals surface area contributed by atoms with Crippen molar-refractivity contribution in [1.82, 2.24) is 4.72 Å². The van der Waals surface area contributed by atoms with E-state index in [9.17, 15) is 13.2 Å². The molecule has 0 saturated heterocycles. The number of aliphatic carboxylic acids is 1. The Morgan fingerprint density at radius 3 is 2.42 bits per heavy atom. The Morgan fingerprint density at radius 1 is 1.32 bits per heavy atom. The molecule has 0 radical (unpaired) electrons. The van der Waals surface area contributed by atoms with Gasteiger partial charge in [-0.15, -0.1) is 0 Å². The molecule has 1 aromatic carbocycles. The summed E-state index contributed by atoms with van der Waals surface area (Å²) in [5.74, 6) is -0.577. The lowest BCUT2D eigenvalue weighted by Crippen LogP contribution is -2.45. The van der Waals surface area contributed by atoms with Crippen molar-refractivity contribution in [3.8, 4) is 11.5 Å². The summed E-state index contributed by atoms with van der Waals surface area (Å²) >= 11 is 0. The molecular formula is C11H13NO6S. The summed E-state index contributed by atoms with van der Waals surface area (Å²) in [4.78, 5) is 11.0. The number of carbonyl (C=O) groups is 1. The minimum Gasteiger partial charge on any atom is -0.493 e. The van der Waals surface area contributed by atoms with Crippen molar-refractivity contribution >= 4 is 16.0 Å². The van der Waals surface area contributed by atoms with E-state index in [-0.39, 0.29) is 17.1 Å². The van der Waals surface area contributed by atoms with Crippen LogP contribution in [0.4, 0.5) is 0 Å². The van der Waals surface area contributed by atoms with Gasteiger partial charge in [-0.1, -0.05) is 0 Å². The van der Waals surface area contributed by atoms with Crippen LogP contribution in [0.2, 0.25) is 0 Å². The van der Waals surface area contributed by atoms with Crippen molar-refractivity contribution in [2.75, 3.05) is 14.2 Å². The fraction of sp³-hybridized carbons (Fsp3) is 0.364. The molecule has 0 aromatic heterocycles. The molecule has 104 valence electrons. The average molecular weight is 287 g/mol. The van der Waals surface area contributed by atoms with E-state index in [0.29, 0.717) is 11.3 Å². The third-order valence-corrected chi connectivity index (χ3v) is 4.43. The van der Waals surface area contributed by atoms with Crippen LogP contribution in [0.15, 0.2) is 17.0 Å². The lowest BCUT2D eigenvalue weighted by atomic mass is 10.1. The van der Waals surface area contributed by atoms with E-state index >= 15 is 0 Å². The predicted octanol–water partition coefficient (Wildman–Crippen LogP) is -0.00860. The number of benzene rings is 1. The maximum absolute atomic E-state index is 12.0. The van der Waals surface area contributed by atoms with E-state index in [4.69, 9.17) is 14.6 Å². The SMILES string of the molecule is COc1cc2c(cc1OC)S(=O)(=O)NC(C(=O)O)C2. The summed E-state index contributed by atoms with van der Waals surface area (Å²) < 4.78 is 36.2. The van der Waals surface area contributed by atoms with Gasteiger partial charge in [0, 0.05) is 12.5 Å². The van der Waals surface area contributed by atoms with Crippen LogP contribution in [0.5, 0.6) is 11.5 Å². The Morgan fingerprint density at radius 2 is 1.89 bits per heavy atom. The van der Waals surface area contributed by atoms with Gasteiger partial charge in [-0.05, 0) is 11.6 Å². The van der Waals surface area contributed by atoms with Gasteiger partial charge in [-0.3, -0.25) is 4.79 Å². The van der Waals surface area contributed by atoms with Crippen molar-refractivity contribution in [2.24, 2.45) is 0 Å². The first-order chi connectivity index (χ1) is 8.89. The average Bonchev–Trinajstić information content (AvgIpc) is 2.36. The van der Waals surface area contributed by atoms with E-state index in [2.05, 4.69) is 4.72 Å². The molecular weight excluding hydrogens is 274 g/mol. The number of rotatable bonds is 3. The zero-order valence-corrected chi connectivity index (χ0v) is 11.2. The monoisotopic (exact) mass is 287 g/mol. The smallest absolute Gasteiger partial charge is 0.322 e. The number of methoxy groups -OCH3 is 2. The highest BCUT2D eigenvalue weighted by molar-refractivity contribution is 7.89. The summed E-state index contributed by atoms with van der Waals surface area (Å²) in [6.45, 7) is 0. The van der Waals surface area contributed by atoms with Gasteiger partial charge in [0.05, 0.1) is 19.1 Å². The van der Waals surface area contributed by atoms with Gasteiger partial charge in [0.25, 0.3) is 0 Å². The lowest BCUT2D eigenvalue weighted by molar-refractivity contribution is -0.139. The second-order valence-corrected chi connectivity index (χ2v) is 5.71. The van der Waals surface area contributed by atoms with Gasteiger partial charge in [0.1, 0.15) is 6.04 Å². The summed E-state index contributed by atoms with van der Waals surface area (Å²) in [5.41, 5.74) is 0.392. The fourth-order valence-corrected chi connectivity index (χ4v) is 3.40. The highest BCUT2D eigenvalue weighted by Crippen LogP contribution is 2.35. The van der Waals surface area contributed by atoms with Gasteiger partial charge >= 0.3 is 5.97 Å². The molecule has 19 heavy (non-hydrogen) atoms. The largest absolute Gasteiger partial charge is 0.493 e. The Kier molecular flexibility index (Phi) is 3.38. The lowest BCUT2D eigenvalue weighted by Gasteiger charge is -2.24. The number of hydrogen-bond donors (Lipinski definition) is 2. The standard InChI is InChI=1S/C11H13NO6S/c1-17-8-4-6-3-7(11(13)14)12-19(15,16)10(6)5-9(8)18-2/h4-5,7,12H,3H2,1-2H3,(H,13,14). The molecule has 0 amide bonds. The predicted molar refractivity (Wildman–Crippen MR) is 65.0 cm³/mol. The number of carboxylic acids is 1. The van der Waals surface area contributed by atoms with Crippen molar-refractivity contribution in [2.45, 2.75) is 17.4 Å². The van der Waals surface area contributed by atoms with Gasteiger partial charge in [0.2, 0.25) is 10.0 Å². The molecule has 1 unspecified atom stereocenters. The Labute approximate surface area is 110 Å². The third-order valence-electron chi connectivity index (χ3n) is 2.88. The molecule has 8 heteroatoms. The van der Waals surface area contributed by atoms with Crippen LogP contribution >= 0.6 is 0 Å². The summed E-state index contributed by atoms with van der Waals surface area (Å²) in [7, 11) is -1.04. The van der Waals surface area contributed by atoms with Crippen LogP contribution in [0, 0.1) is 0 Å². The van der Waals surface area contributed by atoms with E-state index in [1.54, 1.807) is 0 Å². The normalized spacial score (nSPS) is 20.4. The van der Waals surface area contributed by atoms with Crippen molar-refractivity contribution in [1.29, 1.82) is 0 Å². The number of sulfonamides is 1. The maximum atomic E-state index is 12.0. The van der Waals surface area contributed by atoms with E-state index in [1.165, 1.54) is 26.4 Å². The van der Waals surface area contributed by atoms with E-state index < -0.39 is 22.0 Å². The van der Waals surface area contributed by atoms with Crippen LogP contribution in [-0.2, 0) is 21.2 Å². The maximum Gasteiger partial charge on any atom is 0.322 e. The molecule has 0 spiro atoms. The zero-order valence-electron chi connectivity index (χ0n) is 10.3. The molecule has 0 saturated carbocycles. The quantitative estimate of drug-likeness (QED) is 0.810. The second-order valence-electron chi connectivity index (χ2n) is 4.03. The first-order valence-electron chi connectivity index (χ1n) is 5.39. The third kappa shape index (κ3) is 2.36. The molecule has 1 aromatic rings. The molecule has 2 N–H and O–H groups in total. The van der Waals surface area contributed by atoms with Crippen LogP contribution in [-0.4, -0.2) is 39.8 Å². The molecule has 1 aliphatic heterocycles. The Balaban J connectivity index is 2.60. The van der Waals surface area contributed by atoms with Gasteiger partial charge in [0.15, 0.2) is 11.5 Å². The minimum atomic E-state index is -3.86. The van der Waals surface area contributed by atoms with Crippen molar-refractivity contribution < 1.29 is 27.8 Å². The fourth-order valence-electron chi connectivity index (χ4n) is 1.96. The summed E-state index contributed by atoms with van der Waals surface area (Å²) in [6, 6.07) is 1.65. The first kappa shape index (κ1) is 13.6. The van der Waals surface area contributed by atoms with Crippen molar-refractivity contribution in [3.05, 3.63) is 17.7 Å². The number of ether oxygens (including phenoxy) is 2. The molecule has 1 aliphatic rings. The molecule has 0 bridgehead atoms. The number of carboxylic acid groups (broad SMARTS) is 1. The number of hydrogen-bond acceptors (Lipinski definition) is 5. The minimum absolute atomic E-state index is 0.0163. The molecule has 1 atom stereocenters. The Bertz CT molecular complexity index is 624. The zero-order chi connectivity index (χ0) is 14.2. The molecule has 7 nitrogen and oxygen atoms in total. The topological polar surface area (TPSA) is 102 Å². The van der Waals surface area contributed by atoms with Crippen LogP contribution in [0.1, 0.15) is 5.56 Å². The van der Waals surface area contributed by atoms with Crippen LogP contribution < -0.4 is 14.2 Å². The summed E-state index contributed by atoms with van der Waals surface area (Å²) in [5, 5.41) is 8.94. The molecule has 0 fully saturated rings. The summed E-state index contributed by atoms with van der Waals surface area (Å²) in [6.07, 6.45) is 0.0598. The number of nitrogens with one attached hydrogen (secondary N) is 1. The van der Waals surface area contributed by atoms with E-state index in [1.807, 2.05) is 0 Å². The highest BCUT2D eigenvalue weighted by Gasteiger charge is 2.34. The molecule has 2 rings (SSSR count). The molecule has 1 heterocycles. The van der Waals surface area contributed by atoms with Crippen LogP contribution in [0.3, 0.4) is 0 Å².